The van der Waals surface area contributed by atoms with Crippen molar-refractivity contribution in [3.8, 4) is 0 Å². The predicted molar refractivity (Wildman–Crippen MR) is 103 cm³/mol. The zero-order valence-corrected chi connectivity index (χ0v) is 16.1. The lowest BCUT2D eigenvalue weighted by Gasteiger charge is -2.07. The number of nitrogens with zero attached hydrogens (tertiary/aromatic N) is 4. The van der Waals surface area contributed by atoms with E-state index >= 15 is 0 Å². The number of sulfonamides is 1. The Bertz CT molecular complexity index is 969. The smallest absolute Gasteiger partial charge is 0.213 e. The Balaban J connectivity index is 2.01. The van der Waals surface area contributed by atoms with E-state index in [4.69, 9.17) is 12.6 Å². The highest BCUT2D eigenvalue weighted by Gasteiger charge is 2.17. The first kappa shape index (κ1) is 22.4. The zero-order chi connectivity index (χ0) is 21.3. The summed E-state index contributed by atoms with van der Waals surface area (Å²) in [5, 5.41) is 12.7. The summed E-state index contributed by atoms with van der Waals surface area (Å²) in [4.78, 5) is 14.8. The minimum atomic E-state index is -3.34. The Kier molecular flexibility index (Phi) is 8.17. The van der Waals surface area contributed by atoms with E-state index in [-0.39, 0.29) is 54.0 Å². The molecule has 1 aromatic carbocycles. The Morgan fingerprint density at radius 1 is 1.34 bits per heavy atom. The van der Waals surface area contributed by atoms with Gasteiger partial charge in [0.1, 0.15) is 13.7 Å². The number of hydrogen-bond donors (Lipinski definition) is 3. The number of aromatic nitrogens is 2. The van der Waals surface area contributed by atoms with Crippen molar-refractivity contribution in [1.82, 2.24) is 20.5 Å². The van der Waals surface area contributed by atoms with Gasteiger partial charge in [0.15, 0.2) is 11.5 Å². The van der Waals surface area contributed by atoms with E-state index in [1.165, 1.54) is 19.2 Å². The molecule has 0 aliphatic heterocycles. The van der Waals surface area contributed by atoms with Gasteiger partial charge in [0.2, 0.25) is 15.8 Å². The summed E-state index contributed by atoms with van der Waals surface area (Å²) in [6.07, 6.45) is 0. The van der Waals surface area contributed by atoms with E-state index in [2.05, 4.69) is 40.7 Å². The summed E-state index contributed by atoms with van der Waals surface area (Å²) < 4.78 is 47.9. The van der Waals surface area contributed by atoms with Gasteiger partial charge in [-0.1, -0.05) is 5.46 Å². The van der Waals surface area contributed by atoms with Crippen molar-refractivity contribution in [3.05, 3.63) is 34.6 Å². The van der Waals surface area contributed by atoms with Gasteiger partial charge in [0, 0.05) is 6.54 Å². The summed E-state index contributed by atoms with van der Waals surface area (Å²) in [7, 11) is 3.47. The third-order valence-corrected chi connectivity index (χ3v) is 4.76. The fraction of sp³-hybridized carbons (Fsp3) is 0.357. The number of hydrogen-bond acceptors (Lipinski definition) is 10. The number of anilines is 1. The predicted octanol–water partition coefficient (Wildman–Crippen LogP) is -0.670. The van der Waals surface area contributed by atoms with Crippen molar-refractivity contribution < 1.29 is 22.2 Å². The molecular formula is C14H17BFN7O5S. The quantitative estimate of drug-likeness (QED) is 0.106. The Morgan fingerprint density at radius 3 is 2.83 bits per heavy atom. The van der Waals surface area contributed by atoms with Gasteiger partial charge in [0.25, 0.3) is 0 Å². The van der Waals surface area contributed by atoms with Crippen LogP contribution in [-0.4, -0.2) is 65.0 Å². The lowest BCUT2D eigenvalue weighted by atomic mass is 9.95. The van der Waals surface area contributed by atoms with Gasteiger partial charge in [-0.25, -0.2) is 32.6 Å². The van der Waals surface area contributed by atoms with Gasteiger partial charge in [-0.2, -0.15) is 0 Å². The first-order valence-corrected chi connectivity index (χ1v) is 9.79. The Hall–Kier alpha value is -2.91. The fourth-order valence-electron chi connectivity index (χ4n) is 1.98. The average molecular weight is 425 g/mol. The SMILES string of the molecule is [B]c1cc(N=C(NN=O)c2nonc2NCCOCCS(=O)(=O)NC)ccc1F. The van der Waals surface area contributed by atoms with Gasteiger partial charge in [-0.3, -0.25) is 0 Å². The van der Waals surface area contributed by atoms with E-state index in [1.54, 1.807) is 0 Å². The standard InChI is InChI=1S/C14H17BFN7O5S/c1-17-29(25,26)7-6-27-5-4-18-13-12(21-28-22-13)14(20-23-24)19-9-2-3-11(16)10(15)8-9/h2-3,8,17H,4-7H2,1H3,(H,18,22)(H,19,20,24). The summed E-state index contributed by atoms with van der Waals surface area (Å²) in [6.45, 7) is 0.391. The summed E-state index contributed by atoms with van der Waals surface area (Å²) >= 11 is 0. The summed E-state index contributed by atoms with van der Waals surface area (Å²) in [5.74, 6) is -0.774. The highest BCUT2D eigenvalue weighted by Crippen LogP contribution is 2.15. The molecule has 1 aromatic heterocycles. The van der Waals surface area contributed by atoms with E-state index in [0.29, 0.717) is 0 Å². The number of aliphatic imine (C=N–C) groups is 1. The number of nitrogens with one attached hydrogen (secondary N) is 3. The number of halogens is 1. The first-order valence-electron chi connectivity index (χ1n) is 8.14. The van der Waals surface area contributed by atoms with Gasteiger partial charge in [-0.05, 0) is 35.6 Å². The van der Waals surface area contributed by atoms with E-state index in [0.717, 1.165) is 6.07 Å². The number of benzene rings is 1. The highest BCUT2D eigenvalue weighted by atomic mass is 32.2. The van der Waals surface area contributed by atoms with Gasteiger partial charge in [-0.15, -0.1) is 4.91 Å². The van der Waals surface area contributed by atoms with Crippen LogP contribution in [0.2, 0.25) is 0 Å². The second-order valence-corrected chi connectivity index (χ2v) is 7.44. The van der Waals surface area contributed by atoms with E-state index < -0.39 is 15.8 Å². The molecule has 3 N–H and O–H groups in total. The van der Waals surface area contributed by atoms with Crippen LogP contribution in [0, 0.1) is 10.7 Å². The van der Waals surface area contributed by atoms with Gasteiger partial charge >= 0.3 is 0 Å². The maximum absolute atomic E-state index is 13.3. The molecule has 0 atom stereocenters. The molecule has 1 heterocycles. The maximum Gasteiger partial charge on any atom is 0.213 e. The van der Waals surface area contributed by atoms with Crippen molar-refractivity contribution >= 4 is 40.7 Å². The molecule has 0 aliphatic rings. The lowest BCUT2D eigenvalue weighted by Crippen LogP contribution is -2.25. The molecule has 0 unspecified atom stereocenters. The third kappa shape index (κ3) is 6.88. The lowest BCUT2D eigenvalue weighted by molar-refractivity contribution is 0.159. The maximum atomic E-state index is 13.3. The van der Waals surface area contributed by atoms with Crippen molar-refractivity contribution in [2.24, 2.45) is 10.3 Å². The van der Waals surface area contributed by atoms with Crippen LogP contribution >= 0.6 is 0 Å². The molecule has 15 heteroatoms. The molecule has 0 bridgehead atoms. The second kappa shape index (κ2) is 10.6. The van der Waals surface area contributed by atoms with Crippen LogP contribution in [0.15, 0.2) is 33.1 Å². The molecule has 154 valence electrons. The molecule has 12 nitrogen and oxygen atoms in total. The normalized spacial score (nSPS) is 12.0. The molecule has 2 radical (unpaired) electrons. The monoisotopic (exact) mass is 425 g/mol. The third-order valence-electron chi connectivity index (χ3n) is 3.43. The number of amidine groups is 1. The molecule has 2 rings (SSSR count). The van der Waals surface area contributed by atoms with Crippen molar-refractivity contribution in [2.75, 3.05) is 37.9 Å². The van der Waals surface area contributed by atoms with Crippen LogP contribution in [0.3, 0.4) is 0 Å². The van der Waals surface area contributed by atoms with Crippen LogP contribution < -0.4 is 20.9 Å². The summed E-state index contributed by atoms with van der Waals surface area (Å²) in [6, 6.07) is 3.72. The van der Waals surface area contributed by atoms with Crippen molar-refractivity contribution in [2.45, 2.75) is 0 Å². The second-order valence-electron chi connectivity index (χ2n) is 5.39. The molecule has 29 heavy (non-hydrogen) atoms. The zero-order valence-electron chi connectivity index (χ0n) is 15.3. The van der Waals surface area contributed by atoms with Gasteiger partial charge in [0.05, 0.1) is 29.9 Å². The van der Waals surface area contributed by atoms with Crippen molar-refractivity contribution in [3.63, 3.8) is 0 Å². The molecule has 0 aliphatic carbocycles. The van der Waals surface area contributed by atoms with Crippen LogP contribution in [0.25, 0.3) is 0 Å². The summed E-state index contributed by atoms with van der Waals surface area (Å²) in [5.41, 5.74) is 2.26. The van der Waals surface area contributed by atoms with Crippen LogP contribution in [-0.2, 0) is 14.8 Å². The highest BCUT2D eigenvalue weighted by molar-refractivity contribution is 7.89. The first-order chi connectivity index (χ1) is 13.9. The molecule has 0 spiro atoms. The Morgan fingerprint density at radius 2 is 2.14 bits per heavy atom. The molecular weight excluding hydrogens is 408 g/mol. The number of rotatable bonds is 11. The minimum absolute atomic E-state index is 0.00406. The van der Waals surface area contributed by atoms with Gasteiger partial charge < -0.3 is 10.1 Å². The van der Waals surface area contributed by atoms with E-state index in [1.807, 2.05) is 0 Å². The number of ether oxygens (including phenoxy) is 1. The van der Waals surface area contributed by atoms with Crippen LogP contribution in [0.5, 0.6) is 0 Å². The fourth-order valence-corrected chi connectivity index (χ4v) is 2.52. The molecule has 0 fully saturated rings. The topological polar surface area (TPSA) is 160 Å². The van der Waals surface area contributed by atoms with E-state index in [9.17, 15) is 17.7 Å². The minimum Gasteiger partial charge on any atom is -0.379 e. The molecule has 0 saturated heterocycles. The number of nitroso groups, excluding NO2 is 1. The molecule has 0 amide bonds. The van der Waals surface area contributed by atoms with Crippen LogP contribution in [0.4, 0.5) is 15.9 Å². The van der Waals surface area contributed by atoms with Crippen molar-refractivity contribution in [1.29, 1.82) is 0 Å². The largest absolute Gasteiger partial charge is 0.379 e. The molecule has 2 aromatic rings. The van der Waals surface area contributed by atoms with Crippen LogP contribution in [0.1, 0.15) is 5.69 Å². The Labute approximate surface area is 166 Å². The average Bonchev–Trinajstić information content (AvgIpc) is 3.15. The molecule has 0 saturated carbocycles.